The number of morpholine rings is 1. The minimum Gasteiger partial charge on any atom is -0.458 e. The SMILES string of the molecule is Cc1nn(C)c(C)c1C(=O)OC(C)CN1CCOCC1. The van der Waals surface area contributed by atoms with Crippen LogP contribution in [0.4, 0.5) is 0 Å². The number of hydrogen-bond acceptors (Lipinski definition) is 5. The number of esters is 1. The van der Waals surface area contributed by atoms with Crippen molar-refractivity contribution in [2.75, 3.05) is 32.8 Å². The van der Waals surface area contributed by atoms with Crippen molar-refractivity contribution < 1.29 is 14.3 Å². The number of aromatic nitrogens is 2. The van der Waals surface area contributed by atoms with Crippen LogP contribution in [0.25, 0.3) is 0 Å². The van der Waals surface area contributed by atoms with Crippen molar-refractivity contribution in [3.05, 3.63) is 17.0 Å². The highest BCUT2D eigenvalue weighted by atomic mass is 16.5. The summed E-state index contributed by atoms with van der Waals surface area (Å²) in [6.45, 7) is 9.67. The Labute approximate surface area is 119 Å². The van der Waals surface area contributed by atoms with E-state index in [0.717, 1.165) is 38.5 Å². The first kappa shape index (κ1) is 15.0. The highest BCUT2D eigenvalue weighted by molar-refractivity contribution is 5.91. The molecule has 0 saturated carbocycles. The Balaban J connectivity index is 1.93. The smallest absolute Gasteiger partial charge is 0.342 e. The first-order valence-corrected chi connectivity index (χ1v) is 7.00. The number of carbonyl (C=O) groups is 1. The summed E-state index contributed by atoms with van der Waals surface area (Å²) < 4.78 is 12.6. The average molecular weight is 281 g/mol. The van der Waals surface area contributed by atoms with Crippen molar-refractivity contribution in [1.82, 2.24) is 14.7 Å². The molecule has 0 aliphatic carbocycles. The Morgan fingerprint density at radius 1 is 1.40 bits per heavy atom. The maximum Gasteiger partial charge on any atom is 0.342 e. The molecule has 1 saturated heterocycles. The Hall–Kier alpha value is -1.40. The summed E-state index contributed by atoms with van der Waals surface area (Å²) in [5, 5.41) is 4.24. The zero-order valence-electron chi connectivity index (χ0n) is 12.7. The van der Waals surface area contributed by atoms with Gasteiger partial charge in [-0.05, 0) is 20.8 Å². The molecule has 0 radical (unpaired) electrons. The van der Waals surface area contributed by atoms with Crippen molar-refractivity contribution in [3.63, 3.8) is 0 Å². The van der Waals surface area contributed by atoms with Gasteiger partial charge in [0.15, 0.2) is 0 Å². The van der Waals surface area contributed by atoms with Gasteiger partial charge in [-0.1, -0.05) is 0 Å². The van der Waals surface area contributed by atoms with E-state index in [1.807, 2.05) is 27.8 Å². The lowest BCUT2D eigenvalue weighted by atomic mass is 10.2. The highest BCUT2D eigenvalue weighted by Crippen LogP contribution is 2.14. The van der Waals surface area contributed by atoms with Crippen LogP contribution in [-0.2, 0) is 16.5 Å². The first-order valence-electron chi connectivity index (χ1n) is 7.00. The number of aryl methyl sites for hydroxylation is 2. The van der Waals surface area contributed by atoms with E-state index in [2.05, 4.69) is 10.00 Å². The zero-order valence-corrected chi connectivity index (χ0v) is 12.7. The van der Waals surface area contributed by atoms with Gasteiger partial charge in [0, 0.05) is 32.4 Å². The largest absolute Gasteiger partial charge is 0.458 e. The van der Waals surface area contributed by atoms with E-state index in [1.54, 1.807) is 4.68 Å². The monoisotopic (exact) mass is 281 g/mol. The molecule has 1 atom stereocenters. The van der Waals surface area contributed by atoms with Crippen LogP contribution in [-0.4, -0.2) is 59.6 Å². The van der Waals surface area contributed by atoms with Gasteiger partial charge in [0.05, 0.1) is 18.9 Å². The molecule has 0 amide bonds. The van der Waals surface area contributed by atoms with Gasteiger partial charge in [-0.3, -0.25) is 9.58 Å². The molecule has 20 heavy (non-hydrogen) atoms. The summed E-state index contributed by atoms with van der Waals surface area (Å²) in [7, 11) is 1.83. The van der Waals surface area contributed by atoms with Crippen LogP contribution in [0, 0.1) is 13.8 Å². The molecular formula is C14H23N3O3. The summed E-state index contributed by atoms with van der Waals surface area (Å²) >= 11 is 0. The summed E-state index contributed by atoms with van der Waals surface area (Å²) in [6, 6.07) is 0. The van der Waals surface area contributed by atoms with Crippen LogP contribution in [0.2, 0.25) is 0 Å². The molecule has 2 rings (SSSR count). The number of rotatable bonds is 4. The maximum atomic E-state index is 12.2. The second-order valence-corrected chi connectivity index (χ2v) is 5.30. The molecule has 0 aromatic carbocycles. The highest BCUT2D eigenvalue weighted by Gasteiger charge is 2.22. The lowest BCUT2D eigenvalue weighted by Gasteiger charge is -2.28. The predicted octanol–water partition coefficient (Wildman–Crippen LogP) is 0.914. The molecule has 1 aliphatic heterocycles. The molecule has 1 aliphatic rings. The second-order valence-electron chi connectivity index (χ2n) is 5.30. The number of nitrogens with zero attached hydrogens (tertiary/aromatic N) is 3. The van der Waals surface area contributed by atoms with Gasteiger partial charge in [0.1, 0.15) is 11.7 Å². The third-order valence-electron chi connectivity index (χ3n) is 3.64. The minimum absolute atomic E-state index is 0.139. The molecule has 1 fully saturated rings. The maximum absolute atomic E-state index is 12.2. The van der Waals surface area contributed by atoms with Crippen LogP contribution < -0.4 is 0 Å². The standard InChI is InChI=1S/C14H23N3O3/c1-10(9-17-5-7-19-8-6-17)20-14(18)13-11(2)15-16(4)12(13)3/h10H,5-9H2,1-4H3. The van der Waals surface area contributed by atoms with Crippen molar-refractivity contribution in [2.24, 2.45) is 7.05 Å². The van der Waals surface area contributed by atoms with Gasteiger partial charge in [0.2, 0.25) is 0 Å². The normalized spacial score (nSPS) is 18.0. The van der Waals surface area contributed by atoms with E-state index in [-0.39, 0.29) is 12.1 Å². The Morgan fingerprint density at radius 3 is 2.60 bits per heavy atom. The quantitative estimate of drug-likeness (QED) is 0.768. The average Bonchev–Trinajstić information content (AvgIpc) is 2.64. The van der Waals surface area contributed by atoms with Crippen molar-refractivity contribution in [3.8, 4) is 0 Å². The van der Waals surface area contributed by atoms with Gasteiger partial charge >= 0.3 is 5.97 Å². The Morgan fingerprint density at radius 2 is 2.05 bits per heavy atom. The third-order valence-corrected chi connectivity index (χ3v) is 3.64. The molecule has 112 valence electrons. The molecule has 2 heterocycles. The van der Waals surface area contributed by atoms with E-state index in [4.69, 9.17) is 9.47 Å². The topological polar surface area (TPSA) is 56.6 Å². The van der Waals surface area contributed by atoms with Gasteiger partial charge in [-0.15, -0.1) is 0 Å². The Kier molecular flexibility index (Phi) is 4.77. The molecule has 6 nitrogen and oxygen atoms in total. The van der Waals surface area contributed by atoms with E-state index in [9.17, 15) is 4.79 Å². The van der Waals surface area contributed by atoms with Crippen molar-refractivity contribution >= 4 is 5.97 Å². The number of hydrogen-bond donors (Lipinski definition) is 0. The van der Waals surface area contributed by atoms with E-state index in [1.165, 1.54) is 0 Å². The third kappa shape index (κ3) is 3.37. The summed E-state index contributed by atoms with van der Waals surface area (Å²) in [4.78, 5) is 14.5. The minimum atomic E-state index is -0.283. The fourth-order valence-electron chi connectivity index (χ4n) is 2.50. The number of carbonyl (C=O) groups excluding carboxylic acids is 1. The van der Waals surface area contributed by atoms with Gasteiger partial charge in [-0.25, -0.2) is 4.79 Å². The lowest BCUT2D eigenvalue weighted by molar-refractivity contribution is 0.000367. The van der Waals surface area contributed by atoms with Crippen LogP contribution >= 0.6 is 0 Å². The van der Waals surface area contributed by atoms with E-state index >= 15 is 0 Å². The van der Waals surface area contributed by atoms with Crippen LogP contribution in [0.1, 0.15) is 28.7 Å². The summed E-state index contributed by atoms with van der Waals surface area (Å²) in [5.41, 5.74) is 2.14. The van der Waals surface area contributed by atoms with Crippen LogP contribution in [0.3, 0.4) is 0 Å². The molecule has 6 heteroatoms. The lowest BCUT2D eigenvalue weighted by Crippen LogP contribution is -2.41. The van der Waals surface area contributed by atoms with Gasteiger partial charge < -0.3 is 9.47 Å². The molecule has 0 spiro atoms. The molecule has 1 unspecified atom stereocenters. The second kappa shape index (κ2) is 6.37. The molecule has 1 aromatic heterocycles. The predicted molar refractivity (Wildman–Crippen MR) is 74.8 cm³/mol. The number of ether oxygens (including phenoxy) is 2. The molecular weight excluding hydrogens is 258 g/mol. The molecule has 0 bridgehead atoms. The fourth-order valence-corrected chi connectivity index (χ4v) is 2.50. The Bertz CT molecular complexity index is 478. The summed E-state index contributed by atoms with van der Waals surface area (Å²) in [5.74, 6) is -0.283. The molecule has 0 N–H and O–H groups in total. The summed E-state index contributed by atoms with van der Waals surface area (Å²) in [6.07, 6.45) is -0.139. The van der Waals surface area contributed by atoms with E-state index in [0.29, 0.717) is 11.3 Å². The van der Waals surface area contributed by atoms with Crippen molar-refractivity contribution in [1.29, 1.82) is 0 Å². The van der Waals surface area contributed by atoms with Gasteiger partial charge in [-0.2, -0.15) is 5.10 Å². The zero-order chi connectivity index (χ0) is 14.7. The van der Waals surface area contributed by atoms with Crippen LogP contribution in [0.15, 0.2) is 0 Å². The first-order chi connectivity index (χ1) is 9.49. The molecule has 1 aromatic rings. The van der Waals surface area contributed by atoms with Gasteiger partial charge in [0.25, 0.3) is 0 Å². The van der Waals surface area contributed by atoms with Crippen LogP contribution in [0.5, 0.6) is 0 Å². The fraction of sp³-hybridized carbons (Fsp3) is 0.714. The van der Waals surface area contributed by atoms with Crippen molar-refractivity contribution in [2.45, 2.75) is 26.9 Å². The van der Waals surface area contributed by atoms with E-state index < -0.39 is 0 Å².